The van der Waals surface area contributed by atoms with E-state index in [1.165, 1.54) is 23.9 Å². The van der Waals surface area contributed by atoms with Crippen LogP contribution >= 0.6 is 11.8 Å². The number of hydrogen-bond acceptors (Lipinski definition) is 4. The van der Waals surface area contributed by atoms with Gasteiger partial charge in [0.2, 0.25) is 0 Å². The van der Waals surface area contributed by atoms with E-state index in [2.05, 4.69) is 0 Å². The summed E-state index contributed by atoms with van der Waals surface area (Å²) in [5.74, 6) is -2.10. The fraction of sp³-hybridized carbons (Fsp3) is 0.429. The van der Waals surface area contributed by atoms with Gasteiger partial charge < -0.3 is 9.84 Å². The normalized spacial score (nSPS) is 13.6. The second-order valence-electron chi connectivity index (χ2n) is 4.18. The molecule has 0 spiro atoms. The number of hydrogen-bond donors (Lipinski definition) is 1. The van der Waals surface area contributed by atoms with Crippen LogP contribution in [0.5, 0.6) is 0 Å². The lowest BCUT2D eigenvalue weighted by Crippen LogP contribution is -2.45. The van der Waals surface area contributed by atoms with Gasteiger partial charge in [-0.1, -0.05) is 12.1 Å². The second kappa shape index (κ2) is 7.28. The summed E-state index contributed by atoms with van der Waals surface area (Å²) in [4.78, 5) is 23.9. The molecule has 0 aromatic heterocycles. The van der Waals surface area contributed by atoms with Crippen LogP contribution in [0.2, 0.25) is 0 Å². The fourth-order valence-corrected chi connectivity index (χ4v) is 2.44. The predicted molar refractivity (Wildman–Crippen MR) is 75.3 cm³/mol. The third-order valence-corrected chi connectivity index (χ3v) is 3.62. The number of carbonyl (C=O) groups is 2. The van der Waals surface area contributed by atoms with Crippen LogP contribution in [-0.2, 0) is 19.7 Å². The van der Waals surface area contributed by atoms with Gasteiger partial charge in [-0.25, -0.2) is 4.39 Å². The summed E-state index contributed by atoms with van der Waals surface area (Å²) in [6.07, 6.45) is 1.91. The average molecular weight is 300 g/mol. The van der Waals surface area contributed by atoms with E-state index in [1.807, 2.05) is 6.26 Å². The van der Waals surface area contributed by atoms with Crippen molar-refractivity contribution in [2.24, 2.45) is 0 Å². The van der Waals surface area contributed by atoms with Gasteiger partial charge in [-0.3, -0.25) is 9.59 Å². The van der Waals surface area contributed by atoms with Crippen LogP contribution in [0.1, 0.15) is 18.9 Å². The fourth-order valence-electron chi connectivity index (χ4n) is 1.93. The van der Waals surface area contributed by atoms with Gasteiger partial charge in [-0.2, -0.15) is 11.8 Å². The van der Waals surface area contributed by atoms with Crippen molar-refractivity contribution in [2.45, 2.75) is 18.8 Å². The Hall–Kier alpha value is -1.56. The highest BCUT2D eigenvalue weighted by Gasteiger charge is 2.48. The topological polar surface area (TPSA) is 63.6 Å². The molecular weight excluding hydrogens is 283 g/mol. The molecule has 0 aliphatic rings. The van der Waals surface area contributed by atoms with Crippen molar-refractivity contribution >= 4 is 23.7 Å². The third-order valence-electron chi connectivity index (χ3n) is 3.01. The maximum atomic E-state index is 13.0. The number of benzene rings is 1. The van der Waals surface area contributed by atoms with Gasteiger partial charge in [0, 0.05) is 0 Å². The van der Waals surface area contributed by atoms with Crippen LogP contribution in [0.4, 0.5) is 4.39 Å². The number of esters is 1. The zero-order valence-electron chi connectivity index (χ0n) is 11.4. The second-order valence-corrected chi connectivity index (χ2v) is 5.17. The quantitative estimate of drug-likeness (QED) is 0.619. The average Bonchev–Trinajstić information content (AvgIpc) is 2.41. The molecule has 1 aromatic carbocycles. The standard InChI is InChI=1S/C14H17FO4S/c1-3-19-13(18)14(12(16)17,8-9-20-2)10-4-6-11(15)7-5-10/h4-7H,3,8-9H2,1-2H3,(H,16,17). The molecule has 1 unspecified atom stereocenters. The smallest absolute Gasteiger partial charge is 0.328 e. The Bertz CT molecular complexity index is 475. The highest BCUT2D eigenvalue weighted by Crippen LogP contribution is 2.32. The van der Waals surface area contributed by atoms with E-state index in [-0.39, 0.29) is 18.6 Å². The minimum Gasteiger partial charge on any atom is -0.480 e. The molecule has 0 saturated heterocycles. The van der Waals surface area contributed by atoms with Crippen LogP contribution in [-0.4, -0.2) is 35.7 Å². The highest BCUT2D eigenvalue weighted by molar-refractivity contribution is 7.98. The molecule has 1 rings (SSSR count). The first-order chi connectivity index (χ1) is 9.48. The minimum absolute atomic E-state index is 0.0912. The predicted octanol–water partition coefficient (Wildman–Crippen LogP) is 2.46. The molecule has 0 heterocycles. The largest absolute Gasteiger partial charge is 0.480 e. The highest BCUT2D eigenvalue weighted by atomic mass is 32.2. The Morgan fingerprint density at radius 2 is 1.95 bits per heavy atom. The zero-order chi connectivity index (χ0) is 15.2. The molecule has 6 heteroatoms. The van der Waals surface area contributed by atoms with Gasteiger partial charge in [0.1, 0.15) is 5.82 Å². The van der Waals surface area contributed by atoms with E-state index in [1.54, 1.807) is 6.92 Å². The first-order valence-corrected chi connectivity index (χ1v) is 7.54. The Morgan fingerprint density at radius 1 is 1.35 bits per heavy atom. The van der Waals surface area contributed by atoms with Crippen molar-refractivity contribution in [1.82, 2.24) is 0 Å². The number of carboxylic acids is 1. The lowest BCUT2D eigenvalue weighted by atomic mass is 9.78. The van der Waals surface area contributed by atoms with E-state index in [0.717, 1.165) is 12.1 Å². The Balaban J connectivity index is 3.31. The molecule has 110 valence electrons. The monoisotopic (exact) mass is 300 g/mol. The summed E-state index contributed by atoms with van der Waals surface area (Å²) in [6, 6.07) is 4.93. The van der Waals surface area contributed by atoms with Gasteiger partial charge in [0.05, 0.1) is 6.61 Å². The Labute approximate surface area is 121 Å². The van der Waals surface area contributed by atoms with Crippen molar-refractivity contribution in [3.05, 3.63) is 35.6 Å². The number of ether oxygens (including phenoxy) is 1. The SMILES string of the molecule is CCOC(=O)C(CCSC)(C(=O)O)c1ccc(F)cc1. The van der Waals surface area contributed by atoms with E-state index in [4.69, 9.17) is 4.74 Å². The van der Waals surface area contributed by atoms with Crippen molar-refractivity contribution in [3.63, 3.8) is 0 Å². The maximum Gasteiger partial charge on any atom is 0.328 e. The molecule has 0 amide bonds. The minimum atomic E-state index is -1.78. The number of rotatable bonds is 7. The van der Waals surface area contributed by atoms with E-state index in [0.29, 0.717) is 5.75 Å². The molecule has 4 nitrogen and oxygen atoms in total. The van der Waals surface area contributed by atoms with E-state index >= 15 is 0 Å². The van der Waals surface area contributed by atoms with Crippen LogP contribution in [0.3, 0.4) is 0 Å². The lowest BCUT2D eigenvalue weighted by molar-refractivity contribution is -0.161. The van der Waals surface area contributed by atoms with Crippen molar-refractivity contribution in [1.29, 1.82) is 0 Å². The number of carbonyl (C=O) groups excluding carboxylic acids is 1. The Kier molecular flexibility index (Phi) is 6.01. The first-order valence-electron chi connectivity index (χ1n) is 6.14. The zero-order valence-corrected chi connectivity index (χ0v) is 12.2. The molecule has 0 aliphatic heterocycles. The number of carboxylic acid groups (broad SMARTS) is 1. The van der Waals surface area contributed by atoms with Crippen LogP contribution in [0.15, 0.2) is 24.3 Å². The van der Waals surface area contributed by atoms with Crippen LogP contribution in [0.25, 0.3) is 0 Å². The Morgan fingerprint density at radius 3 is 2.40 bits per heavy atom. The molecule has 1 N–H and O–H groups in total. The summed E-state index contributed by atoms with van der Waals surface area (Å²) in [5, 5.41) is 9.57. The van der Waals surface area contributed by atoms with Gasteiger partial charge in [0.25, 0.3) is 0 Å². The summed E-state index contributed by atoms with van der Waals surface area (Å²) < 4.78 is 17.9. The van der Waals surface area contributed by atoms with Crippen LogP contribution < -0.4 is 0 Å². The van der Waals surface area contributed by atoms with Gasteiger partial charge in [-0.05, 0) is 43.0 Å². The molecule has 0 radical (unpaired) electrons. The molecular formula is C14H17FO4S. The molecule has 1 atom stereocenters. The molecule has 20 heavy (non-hydrogen) atoms. The molecule has 0 bridgehead atoms. The summed E-state index contributed by atoms with van der Waals surface area (Å²) in [6.45, 7) is 1.71. The molecule has 1 aromatic rings. The molecule has 0 saturated carbocycles. The van der Waals surface area contributed by atoms with Crippen molar-refractivity contribution in [3.8, 4) is 0 Å². The van der Waals surface area contributed by atoms with Crippen molar-refractivity contribution in [2.75, 3.05) is 18.6 Å². The van der Waals surface area contributed by atoms with E-state index in [9.17, 15) is 19.1 Å². The lowest BCUT2D eigenvalue weighted by Gasteiger charge is -2.27. The maximum absolute atomic E-state index is 13.0. The van der Waals surface area contributed by atoms with Gasteiger partial charge in [-0.15, -0.1) is 0 Å². The molecule has 0 fully saturated rings. The number of aliphatic carboxylic acids is 1. The van der Waals surface area contributed by atoms with Gasteiger partial charge >= 0.3 is 11.9 Å². The van der Waals surface area contributed by atoms with Crippen LogP contribution in [0, 0.1) is 5.82 Å². The third kappa shape index (κ3) is 3.30. The molecule has 0 aliphatic carbocycles. The summed E-state index contributed by atoms with van der Waals surface area (Å²) in [7, 11) is 0. The summed E-state index contributed by atoms with van der Waals surface area (Å²) >= 11 is 1.43. The van der Waals surface area contributed by atoms with E-state index < -0.39 is 23.2 Å². The number of halogens is 1. The first kappa shape index (κ1) is 16.5. The van der Waals surface area contributed by atoms with Crippen molar-refractivity contribution < 1.29 is 23.8 Å². The number of thioether (sulfide) groups is 1. The summed E-state index contributed by atoms with van der Waals surface area (Å²) in [5.41, 5.74) is -1.55. The van der Waals surface area contributed by atoms with Gasteiger partial charge in [0.15, 0.2) is 5.41 Å².